The summed E-state index contributed by atoms with van der Waals surface area (Å²) in [5, 5.41) is 7.76. The molecular weight excluding hydrogens is 230 g/mol. The van der Waals surface area contributed by atoms with Gasteiger partial charge in [0.25, 0.3) is 0 Å². The molecular formula is C14H13NOS. The minimum atomic E-state index is 0.342. The number of rotatable bonds is 2. The molecule has 0 amide bonds. The first-order chi connectivity index (χ1) is 8.38. The van der Waals surface area contributed by atoms with Gasteiger partial charge in [0, 0.05) is 11.3 Å². The topological polar surface area (TPSA) is 29.1 Å². The van der Waals surface area contributed by atoms with Gasteiger partial charge in [-0.15, -0.1) is 0 Å². The molecule has 3 heteroatoms. The van der Waals surface area contributed by atoms with Crippen LogP contribution in [-0.4, -0.2) is 6.29 Å². The fourth-order valence-corrected chi connectivity index (χ4v) is 3.09. The maximum Gasteiger partial charge on any atom is 0.152 e. The molecule has 1 aliphatic rings. The molecule has 1 atom stereocenters. The number of hydrogen-bond acceptors (Lipinski definition) is 3. The number of para-hydroxylation sites is 1. The standard InChI is InChI=1S/C14H13NOS/c16-8-11-3-1-2-10-4-5-13(15-14(10)11)12-6-7-17-9-12/h1-3,6-9,13,15H,4-5H2. The van der Waals surface area contributed by atoms with Gasteiger partial charge >= 0.3 is 0 Å². The molecule has 2 aromatic rings. The number of benzene rings is 1. The van der Waals surface area contributed by atoms with E-state index < -0.39 is 0 Å². The Morgan fingerprint density at radius 1 is 1.35 bits per heavy atom. The third-order valence-corrected chi connectivity index (χ3v) is 3.98. The van der Waals surface area contributed by atoms with E-state index in [0.29, 0.717) is 6.04 Å². The van der Waals surface area contributed by atoms with Crippen LogP contribution >= 0.6 is 11.3 Å². The molecule has 3 rings (SSSR count). The van der Waals surface area contributed by atoms with Crippen molar-refractivity contribution in [3.63, 3.8) is 0 Å². The monoisotopic (exact) mass is 243 g/mol. The van der Waals surface area contributed by atoms with Gasteiger partial charge in [0.2, 0.25) is 0 Å². The van der Waals surface area contributed by atoms with Gasteiger partial charge < -0.3 is 5.32 Å². The number of carbonyl (C=O) groups is 1. The second-order valence-electron chi connectivity index (χ2n) is 4.29. The molecule has 0 bridgehead atoms. The average molecular weight is 243 g/mol. The smallest absolute Gasteiger partial charge is 0.152 e. The van der Waals surface area contributed by atoms with Crippen LogP contribution in [-0.2, 0) is 6.42 Å². The minimum absolute atomic E-state index is 0.342. The number of nitrogens with one attached hydrogen (secondary N) is 1. The summed E-state index contributed by atoms with van der Waals surface area (Å²) in [6.45, 7) is 0. The van der Waals surface area contributed by atoms with E-state index in [-0.39, 0.29) is 0 Å². The van der Waals surface area contributed by atoms with Crippen LogP contribution in [0.25, 0.3) is 0 Å². The maximum atomic E-state index is 11.0. The van der Waals surface area contributed by atoms with Gasteiger partial charge in [0.1, 0.15) is 0 Å². The minimum Gasteiger partial charge on any atom is -0.377 e. The molecule has 86 valence electrons. The Labute approximate surface area is 104 Å². The molecule has 0 radical (unpaired) electrons. The Bertz CT molecular complexity index is 533. The number of hydrogen-bond donors (Lipinski definition) is 1. The van der Waals surface area contributed by atoms with Crippen LogP contribution in [0.5, 0.6) is 0 Å². The molecule has 0 saturated heterocycles. The molecule has 1 unspecified atom stereocenters. The highest BCUT2D eigenvalue weighted by Crippen LogP contribution is 2.34. The van der Waals surface area contributed by atoms with Crippen LogP contribution in [0, 0.1) is 0 Å². The van der Waals surface area contributed by atoms with E-state index >= 15 is 0 Å². The summed E-state index contributed by atoms with van der Waals surface area (Å²) in [6, 6.07) is 8.41. The van der Waals surface area contributed by atoms with Crippen LogP contribution in [0.4, 0.5) is 5.69 Å². The van der Waals surface area contributed by atoms with Crippen molar-refractivity contribution in [3.05, 3.63) is 51.7 Å². The first-order valence-corrected chi connectivity index (χ1v) is 6.68. The Balaban J connectivity index is 1.96. The van der Waals surface area contributed by atoms with E-state index in [4.69, 9.17) is 0 Å². The summed E-state index contributed by atoms with van der Waals surface area (Å²) >= 11 is 1.71. The highest BCUT2D eigenvalue weighted by atomic mass is 32.1. The first kappa shape index (κ1) is 10.5. The maximum absolute atomic E-state index is 11.0. The van der Waals surface area contributed by atoms with Crippen LogP contribution in [0.15, 0.2) is 35.0 Å². The van der Waals surface area contributed by atoms with Gasteiger partial charge in [-0.05, 0) is 46.9 Å². The van der Waals surface area contributed by atoms with Crippen molar-refractivity contribution in [1.82, 2.24) is 0 Å². The molecule has 0 saturated carbocycles. The number of aldehydes is 1. The lowest BCUT2D eigenvalue weighted by molar-refractivity contribution is 0.112. The van der Waals surface area contributed by atoms with Gasteiger partial charge in [-0.25, -0.2) is 0 Å². The van der Waals surface area contributed by atoms with Crippen molar-refractivity contribution >= 4 is 23.3 Å². The molecule has 17 heavy (non-hydrogen) atoms. The Kier molecular flexibility index (Phi) is 2.69. The van der Waals surface area contributed by atoms with Crippen LogP contribution in [0.2, 0.25) is 0 Å². The van der Waals surface area contributed by atoms with E-state index in [1.807, 2.05) is 12.1 Å². The molecule has 0 fully saturated rings. The van der Waals surface area contributed by atoms with Crippen molar-refractivity contribution < 1.29 is 4.79 Å². The van der Waals surface area contributed by atoms with E-state index in [9.17, 15) is 4.79 Å². The van der Waals surface area contributed by atoms with Gasteiger partial charge in [-0.1, -0.05) is 12.1 Å². The van der Waals surface area contributed by atoms with E-state index in [1.54, 1.807) is 11.3 Å². The zero-order valence-electron chi connectivity index (χ0n) is 9.35. The van der Waals surface area contributed by atoms with Crippen molar-refractivity contribution in [2.75, 3.05) is 5.32 Å². The highest BCUT2D eigenvalue weighted by molar-refractivity contribution is 7.08. The summed E-state index contributed by atoms with van der Waals surface area (Å²) in [5.41, 5.74) is 4.36. The van der Waals surface area contributed by atoms with Gasteiger partial charge in [-0.3, -0.25) is 4.79 Å². The number of carbonyl (C=O) groups excluding carboxylic acids is 1. The summed E-state index contributed by atoms with van der Waals surface area (Å²) in [7, 11) is 0. The lowest BCUT2D eigenvalue weighted by Crippen LogP contribution is -2.18. The number of aryl methyl sites for hydroxylation is 1. The second kappa shape index (κ2) is 4.34. The molecule has 1 N–H and O–H groups in total. The number of fused-ring (bicyclic) bond motifs is 1. The fraction of sp³-hybridized carbons (Fsp3) is 0.214. The molecule has 2 heterocycles. The fourth-order valence-electron chi connectivity index (χ4n) is 2.37. The Morgan fingerprint density at radius 3 is 3.06 bits per heavy atom. The molecule has 1 aliphatic heterocycles. The van der Waals surface area contributed by atoms with Gasteiger partial charge in [-0.2, -0.15) is 11.3 Å². The zero-order chi connectivity index (χ0) is 11.7. The summed E-state index contributed by atoms with van der Waals surface area (Å²) < 4.78 is 0. The summed E-state index contributed by atoms with van der Waals surface area (Å²) in [5.74, 6) is 0. The molecule has 1 aromatic heterocycles. The van der Waals surface area contributed by atoms with E-state index in [1.165, 1.54) is 11.1 Å². The Hall–Kier alpha value is -1.61. The molecule has 0 spiro atoms. The average Bonchev–Trinajstić information content (AvgIpc) is 2.91. The van der Waals surface area contributed by atoms with Crippen molar-refractivity contribution in [2.45, 2.75) is 18.9 Å². The van der Waals surface area contributed by atoms with Crippen molar-refractivity contribution in [1.29, 1.82) is 0 Å². The third kappa shape index (κ3) is 1.87. The second-order valence-corrected chi connectivity index (χ2v) is 5.07. The predicted molar refractivity (Wildman–Crippen MR) is 70.8 cm³/mol. The molecule has 0 aliphatic carbocycles. The quantitative estimate of drug-likeness (QED) is 0.815. The van der Waals surface area contributed by atoms with Gasteiger partial charge in [0.15, 0.2) is 6.29 Å². The lowest BCUT2D eigenvalue weighted by Gasteiger charge is -2.27. The van der Waals surface area contributed by atoms with Crippen molar-refractivity contribution in [2.24, 2.45) is 0 Å². The van der Waals surface area contributed by atoms with E-state index in [0.717, 1.165) is 30.4 Å². The molecule has 1 aromatic carbocycles. The van der Waals surface area contributed by atoms with Gasteiger partial charge in [0.05, 0.1) is 6.04 Å². The Morgan fingerprint density at radius 2 is 2.29 bits per heavy atom. The van der Waals surface area contributed by atoms with Crippen LogP contribution in [0.1, 0.15) is 33.9 Å². The van der Waals surface area contributed by atoms with E-state index in [2.05, 4.69) is 28.2 Å². The number of thiophene rings is 1. The SMILES string of the molecule is O=Cc1cccc2c1NC(c1ccsc1)CC2. The van der Waals surface area contributed by atoms with Crippen LogP contribution in [0.3, 0.4) is 0 Å². The normalized spacial score (nSPS) is 18.2. The first-order valence-electron chi connectivity index (χ1n) is 5.74. The van der Waals surface area contributed by atoms with Crippen molar-refractivity contribution in [3.8, 4) is 0 Å². The predicted octanol–water partition coefficient (Wildman–Crippen LogP) is 3.66. The highest BCUT2D eigenvalue weighted by Gasteiger charge is 2.21. The lowest BCUT2D eigenvalue weighted by atomic mass is 9.93. The largest absolute Gasteiger partial charge is 0.377 e. The molecule has 2 nitrogen and oxygen atoms in total. The number of anilines is 1. The summed E-state index contributed by atoms with van der Waals surface area (Å²) in [4.78, 5) is 11.0. The third-order valence-electron chi connectivity index (χ3n) is 3.28. The zero-order valence-corrected chi connectivity index (χ0v) is 10.2. The summed E-state index contributed by atoms with van der Waals surface area (Å²) in [6.07, 6.45) is 3.05. The van der Waals surface area contributed by atoms with Crippen LogP contribution < -0.4 is 5.32 Å².